The predicted molar refractivity (Wildman–Crippen MR) is 69.4 cm³/mol. The summed E-state index contributed by atoms with van der Waals surface area (Å²) in [5.41, 5.74) is -0.0437. The Morgan fingerprint density at radius 1 is 1.20 bits per heavy atom. The number of halogens is 2. The molecule has 1 aromatic rings. The first kappa shape index (κ1) is 15.9. The van der Waals surface area contributed by atoms with E-state index in [0.29, 0.717) is 6.07 Å². The molecule has 0 aromatic heterocycles. The summed E-state index contributed by atoms with van der Waals surface area (Å²) in [7, 11) is 0. The molecule has 3 N–H and O–H groups in total. The topological polar surface area (TPSA) is 78.4 Å². The first-order valence-corrected chi connectivity index (χ1v) is 6.03. The molecule has 1 aromatic carbocycles. The molecule has 20 heavy (non-hydrogen) atoms. The Kier molecular flexibility index (Phi) is 5.42. The molecule has 1 atom stereocenters. The maximum atomic E-state index is 13.0. The average molecular weight is 286 g/mol. The second-order valence-electron chi connectivity index (χ2n) is 4.70. The highest BCUT2D eigenvalue weighted by atomic mass is 19.1. The lowest BCUT2D eigenvalue weighted by Gasteiger charge is -2.20. The summed E-state index contributed by atoms with van der Waals surface area (Å²) in [4.78, 5) is 22.3. The Morgan fingerprint density at radius 3 is 2.20 bits per heavy atom. The van der Waals surface area contributed by atoms with Crippen molar-refractivity contribution in [2.45, 2.75) is 26.3 Å². The number of aliphatic carboxylic acids is 1. The van der Waals surface area contributed by atoms with Gasteiger partial charge in [-0.1, -0.05) is 13.8 Å². The van der Waals surface area contributed by atoms with Gasteiger partial charge in [0.25, 0.3) is 0 Å². The minimum atomic E-state index is -1.04. The molecule has 0 aliphatic carbocycles. The van der Waals surface area contributed by atoms with E-state index in [1.165, 1.54) is 0 Å². The van der Waals surface area contributed by atoms with Gasteiger partial charge in [-0.3, -0.25) is 4.79 Å². The summed E-state index contributed by atoms with van der Waals surface area (Å²) in [6, 6.07) is 1.32. The van der Waals surface area contributed by atoms with Crippen molar-refractivity contribution < 1.29 is 23.5 Å². The van der Waals surface area contributed by atoms with Gasteiger partial charge in [0.2, 0.25) is 0 Å². The number of carboxylic acid groups (broad SMARTS) is 1. The van der Waals surface area contributed by atoms with E-state index in [1.807, 2.05) is 0 Å². The van der Waals surface area contributed by atoms with Gasteiger partial charge in [0.05, 0.1) is 6.42 Å². The van der Waals surface area contributed by atoms with E-state index in [1.54, 1.807) is 13.8 Å². The van der Waals surface area contributed by atoms with E-state index in [9.17, 15) is 18.4 Å². The minimum absolute atomic E-state index is 0.0437. The van der Waals surface area contributed by atoms with Crippen molar-refractivity contribution in [3.05, 3.63) is 29.8 Å². The predicted octanol–water partition coefficient (Wildman–Crippen LogP) is 2.59. The fourth-order valence-corrected chi connectivity index (χ4v) is 1.60. The van der Waals surface area contributed by atoms with E-state index in [4.69, 9.17) is 5.11 Å². The lowest BCUT2D eigenvalue weighted by atomic mass is 10.0. The molecule has 0 saturated carbocycles. The molecule has 0 saturated heterocycles. The highest BCUT2D eigenvalue weighted by Crippen LogP contribution is 2.13. The molecular formula is C13H16F2N2O3. The molecule has 110 valence electrons. The van der Waals surface area contributed by atoms with Crippen LogP contribution in [0.4, 0.5) is 19.3 Å². The lowest BCUT2D eigenvalue weighted by molar-refractivity contribution is -0.137. The number of rotatable bonds is 5. The number of anilines is 1. The summed E-state index contributed by atoms with van der Waals surface area (Å²) < 4.78 is 25.9. The molecule has 7 heteroatoms. The van der Waals surface area contributed by atoms with Crippen LogP contribution in [0.2, 0.25) is 0 Å². The van der Waals surface area contributed by atoms with Crippen LogP contribution in [0, 0.1) is 17.6 Å². The van der Waals surface area contributed by atoms with Crippen LogP contribution < -0.4 is 10.6 Å². The second-order valence-corrected chi connectivity index (χ2v) is 4.70. The van der Waals surface area contributed by atoms with Gasteiger partial charge in [0.1, 0.15) is 11.6 Å². The Hall–Kier alpha value is -2.18. The molecule has 2 amide bonds. The highest BCUT2D eigenvalue weighted by molar-refractivity contribution is 5.89. The summed E-state index contributed by atoms with van der Waals surface area (Å²) >= 11 is 0. The van der Waals surface area contributed by atoms with Gasteiger partial charge in [-0.05, 0) is 18.1 Å². The Morgan fingerprint density at radius 2 is 1.75 bits per heavy atom. The third-order valence-electron chi connectivity index (χ3n) is 2.64. The van der Waals surface area contributed by atoms with Gasteiger partial charge in [0.15, 0.2) is 0 Å². The zero-order valence-electron chi connectivity index (χ0n) is 11.1. The van der Waals surface area contributed by atoms with Crippen LogP contribution in [0.5, 0.6) is 0 Å². The van der Waals surface area contributed by atoms with Crippen LogP contribution in [0.15, 0.2) is 18.2 Å². The Balaban J connectivity index is 2.67. The minimum Gasteiger partial charge on any atom is -0.481 e. The first-order valence-electron chi connectivity index (χ1n) is 6.03. The number of benzene rings is 1. The van der Waals surface area contributed by atoms with Gasteiger partial charge < -0.3 is 15.7 Å². The largest absolute Gasteiger partial charge is 0.481 e. The van der Waals surface area contributed by atoms with Gasteiger partial charge in [-0.25, -0.2) is 13.6 Å². The van der Waals surface area contributed by atoms with Crippen molar-refractivity contribution in [1.82, 2.24) is 5.32 Å². The summed E-state index contributed by atoms with van der Waals surface area (Å²) in [6.07, 6.45) is -0.234. The van der Waals surface area contributed by atoms with Crippen molar-refractivity contribution in [3.8, 4) is 0 Å². The monoisotopic (exact) mass is 286 g/mol. The molecule has 1 unspecified atom stereocenters. The molecule has 0 fully saturated rings. The molecular weight excluding hydrogens is 270 g/mol. The molecule has 0 spiro atoms. The fourth-order valence-electron chi connectivity index (χ4n) is 1.60. The molecule has 0 heterocycles. The lowest BCUT2D eigenvalue weighted by Crippen LogP contribution is -2.42. The quantitative estimate of drug-likeness (QED) is 0.778. The summed E-state index contributed by atoms with van der Waals surface area (Å²) in [5, 5.41) is 13.5. The Labute approximate surface area is 115 Å². The number of hydrogen-bond donors (Lipinski definition) is 3. The van der Waals surface area contributed by atoms with E-state index >= 15 is 0 Å². The van der Waals surface area contributed by atoms with E-state index in [-0.39, 0.29) is 18.0 Å². The molecule has 1 rings (SSSR count). The van der Waals surface area contributed by atoms with E-state index in [2.05, 4.69) is 10.6 Å². The standard InChI is InChI=1S/C13H16F2N2O3/c1-7(2)11(6-12(18)19)17-13(20)16-10-4-8(14)3-9(15)5-10/h3-5,7,11H,6H2,1-2H3,(H,18,19)(H2,16,17,20). The van der Waals surface area contributed by atoms with Crippen LogP contribution in [0.3, 0.4) is 0 Å². The van der Waals surface area contributed by atoms with Gasteiger partial charge in [-0.15, -0.1) is 0 Å². The zero-order valence-corrected chi connectivity index (χ0v) is 11.1. The molecule has 0 radical (unpaired) electrons. The number of urea groups is 1. The fraction of sp³-hybridized carbons (Fsp3) is 0.385. The van der Waals surface area contributed by atoms with Crippen LogP contribution in [0.25, 0.3) is 0 Å². The normalized spacial score (nSPS) is 12.1. The van der Waals surface area contributed by atoms with E-state index in [0.717, 1.165) is 12.1 Å². The third kappa shape index (κ3) is 5.21. The number of carbonyl (C=O) groups excluding carboxylic acids is 1. The summed E-state index contributed by atoms with van der Waals surface area (Å²) in [6.45, 7) is 3.52. The molecule has 0 bridgehead atoms. The maximum Gasteiger partial charge on any atom is 0.319 e. The van der Waals surface area contributed by atoms with Crippen molar-refractivity contribution in [3.63, 3.8) is 0 Å². The van der Waals surface area contributed by atoms with Crippen LogP contribution in [-0.4, -0.2) is 23.1 Å². The van der Waals surface area contributed by atoms with Crippen molar-refractivity contribution >= 4 is 17.7 Å². The number of amides is 2. The second kappa shape index (κ2) is 6.83. The van der Waals surface area contributed by atoms with Crippen molar-refractivity contribution in [2.75, 3.05) is 5.32 Å². The Bertz CT molecular complexity index is 486. The molecule has 0 aliphatic heterocycles. The zero-order chi connectivity index (χ0) is 15.3. The first-order chi connectivity index (χ1) is 9.27. The van der Waals surface area contributed by atoms with Gasteiger partial charge in [0, 0.05) is 17.8 Å². The van der Waals surface area contributed by atoms with E-state index < -0.39 is 29.7 Å². The number of hydrogen-bond acceptors (Lipinski definition) is 2. The van der Waals surface area contributed by atoms with Crippen LogP contribution in [-0.2, 0) is 4.79 Å². The van der Waals surface area contributed by atoms with Crippen molar-refractivity contribution in [1.29, 1.82) is 0 Å². The number of nitrogens with one attached hydrogen (secondary N) is 2. The smallest absolute Gasteiger partial charge is 0.319 e. The van der Waals surface area contributed by atoms with Crippen LogP contribution >= 0.6 is 0 Å². The van der Waals surface area contributed by atoms with Gasteiger partial charge >= 0.3 is 12.0 Å². The van der Waals surface area contributed by atoms with Crippen molar-refractivity contribution in [2.24, 2.45) is 5.92 Å². The number of carboxylic acids is 1. The number of carbonyl (C=O) groups is 2. The third-order valence-corrected chi connectivity index (χ3v) is 2.64. The molecule has 0 aliphatic rings. The SMILES string of the molecule is CC(C)C(CC(=O)O)NC(=O)Nc1cc(F)cc(F)c1. The summed E-state index contributed by atoms with van der Waals surface area (Å²) in [5.74, 6) is -2.76. The molecule has 5 nitrogen and oxygen atoms in total. The van der Waals surface area contributed by atoms with Gasteiger partial charge in [-0.2, -0.15) is 0 Å². The van der Waals surface area contributed by atoms with Crippen LogP contribution in [0.1, 0.15) is 20.3 Å². The highest BCUT2D eigenvalue weighted by Gasteiger charge is 2.19. The average Bonchev–Trinajstić information content (AvgIpc) is 2.25. The maximum absolute atomic E-state index is 13.0.